The first-order valence-corrected chi connectivity index (χ1v) is 5.64. The van der Waals surface area contributed by atoms with Gasteiger partial charge in [-0.1, -0.05) is 29.8 Å². The van der Waals surface area contributed by atoms with Gasteiger partial charge in [-0.2, -0.15) is 5.26 Å². The fourth-order valence-corrected chi connectivity index (χ4v) is 1.67. The molecule has 0 saturated carbocycles. The summed E-state index contributed by atoms with van der Waals surface area (Å²) in [7, 11) is 0. The average molecular weight is 257 g/mol. The number of para-hydroxylation sites is 1. The molecule has 2 rings (SSSR count). The molecule has 88 valence electrons. The monoisotopic (exact) mass is 256 g/mol. The maximum atomic E-state index is 12.0. The number of benzene rings is 2. The Morgan fingerprint density at radius 2 is 1.94 bits per heavy atom. The van der Waals surface area contributed by atoms with Crippen LogP contribution in [0.4, 0.5) is 5.69 Å². The third-order valence-corrected chi connectivity index (χ3v) is 2.71. The van der Waals surface area contributed by atoms with Gasteiger partial charge in [-0.3, -0.25) is 4.79 Å². The van der Waals surface area contributed by atoms with Crippen molar-refractivity contribution in [3.63, 3.8) is 0 Å². The molecular weight excluding hydrogens is 248 g/mol. The number of amides is 1. The summed E-state index contributed by atoms with van der Waals surface area (Å²) in [6.07, 6.45) is 0. The first-order chi connectivity index (χ1) is 8.70. The molecule has 0 aromatic heterocycles. The first-order valence-electron chi connectivity index (χ1n) is 5.27. The topological polar surface area (TPSA) is 52.9 Å². The van der Waals surface area contributed by atoms with Gasteiger partial charge in [0.2, 0.25) is 0 Å². The molecule has 0 bridgehead atoms. The lowest BCUT2D eigenvalue weighted by Gasteiger charge is -2.06. The molecule has 0 radical (unpaired) electrons. The van der Waals surface area contributed by atoms with Crippen molar-refractivity contribution in [2.45, 2.75) is 0 Å². The zero-order valence-corrected chi connectivity index (χ0v) is 10.1. The van der Waals surface area contributed by atoms with Gasteiger partial charge in [0.25, 0.3) is 5.91 Å². The molecule has 4 heteroatoms. The van der Waals surface area contributed by atoms with Crippen molar-refractivity contribution in [3.8, 4) is 6.07 Å². The summed E-state index contributed by atoms with van der Waals surface area (Å²) in [5.74, 6) is -0.291. The van der Waals surface area contributed by atoms with Crippen molar-refractivity contribution in [1.82, 2.24) is 0 Å². The number of halogens is 1. The Bertz CT molecular complexity index is 632. The fraction of sp³-hybridized carbons (Fsp3) is 0. The Morgan fingerprint density at radius 1 is 1.17 bits per heavy atom. The number of carbonyl (C=O) groups is 1. The van der Waals surface area contributed by atoms with Crippen LogP contribution in [0.5, 0.6) is 0 Å². The lowest BCUT2D eigenvalue weighted by Crippen LogP contribution is -2.12. The number of nitriles is 1. The van der Waals surface area contributed by atoms with Gasteiger partial charge in [0.15, 0.2) is 0 Å². The molecule has 0 aliphatic heterocycles. The van der Waals surface area contributed by atoms with E-state index in [0.29, 0.717) is 21.8 Å². The molecule has 0 fully saturated rings. The Labute approximate surface area is 110 Å². The summed E-state index contributed by atoms with van der Waals surface area (Å²) >= 11 is 5.95. The van der Waals surface area contributed by atoms with Crippen LogP contribution in [-0.2, 0) is 0 Å². The van der Waals surface area contributed by atoms with E-state index in [4.69, 9.17) is 16.9 Å². The Hall–Kier alpha value is -2.31. The minimum atomic E-state index is -0.291. The molecule has 1 amide bonds. The number of nitrogens with zero attached hydrogens (tertiary/aromatic N) is 1. The van der Waals surface area contributed by atoms with Crippen molar-refractivity contribution in [2.24, 2.45) is 0 Å². The van der Waals surface area contributed by atoms with Crippen LogP contribution < -0.4 is 5.32 Å². The number of hydrogen-bond acceptors (Lipinski definition) is 2. The van der Waals surface area contributed by atoms with Gasteiger partial charge in [-0.25, -0.2) is 0 Å². The van der Waals surface area contributed by atoms with E-state index in [9.17, 15) is 4.79 Å². The van der Waals surface area contributed by atoms with E-state index >= 15 is 0 Å². The van der Waals surface area contributed by atoms with Crippen molar-refractivity contribution in [3.05, 3.63) is 64.7 Å². The Balaban J connectivity index is 2.23. The summed E-state index contributed by atoms with van der Waals surface area (Å²) in [6.45, 7) is 0. The summed E-state index contributed by atoms with van der Waals surface area (Å²) in [5, 5.41) is 11.9. The lowest BCUT2D eigenvalue weighted by atomic mass is 10.1. The molecule has 0 aliphatic rings. The van der Waals surface area contributed by atoms with E-state index in [2.05, 4.69) is 5.32 Å². The molecule has 1 N–H and O–H groups in total. The first kappa shape index (κ1) is 12.2. The van der Waals surface area contributed by atoms with Gasteiger partial charge in [-0.05, 0) is 30.3 Å². The van der Waals surface area contributed by atoms with Crippen molar-refractivity contribution in [2.75, 3.05) is 5.32 Å². The average Bonchev–Trinajstić information content (AvgIpc) is 2.41. The molecule has 2 aromatic rings. The normalized spacial score (nSPS) is 9.56. The molecule has 0 heterocycles. The molecule has 0 saturated heterocycles. The Morgan fingerprint density at radius 3 is 2.67 bits per heavy atom. The summed E-state index contributed by atoms with van der Waals surface area (Å²) in [6, 6.07) is 15.5. The molecule has 18 heavy (non-hydrogen) atoms. The summed E-state index contributed by atoms with van der Waals surface area (Å²) < 4.78 is 0. The highest BCUT2D eigenvalue weighted by atomic mass is 35.5. The van der Waals surface area contributed by atoms with Crippen LogP contribution in [0.3, 0.4) is 0 Å². The van der Waals surface area contributed by atoms with E-state index < -0.39 is 0 Å². The van der Waals surface area contributed by atoms with Crippen LogP contribution in [0.15, 0.2) is 48.5 Å². The molecule has 0 atom stereocenters. The van der Waals surface area contributed by atoms with Gasteiger partial charge in [0.05, 0.1) is 22.3 Å². The maximum Gasteiger partial charge on any atom is 0.255 e. The number of rotatable bonds is 2. The third-order valence-electron chi connectivity index (χ3n) is 2.38. The van der Waals surface area contributed by atoms with Crippen molar-refractivity contribution < 1.29 is 4.79 Å². The predicted molar refractivity (Wildman–Crippen MR) is 70.6 cm³/mol. The van der Waals surface area contributed by atoms with Gasteiger partial charge in [0, 0.05) is 5.56 Å². The third kappa shape index (κ3) is 2.68. The predicted octanol–water partition coefficient (Wildman–Crippen LogP) is 3.46. The second kappa shape index (κ2) is 5.35. The highest BCUT2D eigenvalue weighted by Gasteiger charge is 2.08. The van der Waals surface area contributed by atoms with Crippen molar-refractivity contribution >= 4 is 23.2 Å². The van der Waals surface area contributed by atoms with E-state index in [1.54, 1.807) is 42.5 Å². The minimum Gasteiger partial charge on any atom is -0.321 e. The highest BCUT2D eigenvalue weighted by molar-refractivity contribution is 6.33. The zero-order chi connectivity index (χ0) is 13.0. The van der Waals surface area contributed by atoms with Crippen molar-refractivity contribution in [1.29, 1.82) is 5.26 Å². The van der Waals surface area contributed by atoms with Crippen LogP contribution in [0.1, 0.15) is 15.9 Å². The number of hydrogen-bond donors (Lipinski definition) is 1. The van der Waals surface area contributed by atoms with Crippen LogP contribution in [0.25, 0.3) is 0 Å². The molecule has 2 aromatic carbocycles. The summed E-state index contributed by atoms with van der Waals surface area (Å²) in [4.78, 5) is 12.0. The standard InChI is InChI=1S/C14H9ClN2O/c15-12-6-1-2-7-13(12)17-14(18)11-5-3-4-10(8-11)9-16/h1-8H,(H,17,18). The van der Waals surface area contributed by atoms with E-state index in [0.717, 1.165) is 0 Å². The minimum absolute atomic E-state index is 0.291. The Kier molecular flexibility index (Phi) is 3.61. The maximum absolute atomic E-state index is 12.0. The van der Waals surface area contributed by atoms with E-state index in [-0.39, 0.29) is 5.91 Å². The molecule has 0 aliphatic carbocycles. The summed E-state index contributed by atoms with van der Waals surface area (Å²) in [5.41, 5.74) is 1.42. The number of carbonyl (C=O) groups excluding carboxylic acids is 1. The van der Waals surface area contributed by atoms with Crippen LogP contribution >= 0.6 is 11.6 Å². The van der Waals surface area contributed by atoms with E-state index in [1.807, 2.05) is 6.07 Å². The molecule has 0 spiro atoms. The molecular formula is C14H9ClN2O. The van der Waals surface area contributed by atoms with Crippen LogP contribution in [-0.4, -0.2) is 5.91 Å². The van der Waals surface area contributed by atoms with Crippen LogP contribution in [0.2, 0.25) is 5.02 Å². The quantitative estimate of drug-likeness (QED) is 0.895. The second-order valence-corrected chi connectivity index (χ2v) is 4.03. The van der Waals surface area contributed by atoms with Gasteiger partial charge in [0.1, 0.15) is 0 Å². The van der Waals surface area contributed by atoms with E-state index in [1.165, 1.54) is 6.07 Å². The van der Waals surface area contributed by atoms with Gasteiger partial charge >= 0.3 is 0 Å². The number of anilines is 1. The fourth-order valence-electron chi connectivity index (χ4n) is 1.49. The van der Waals surface area contributed by atoms with Crippen LogP contribution in [0, 0.1) is 11.3 Å². The van der Waals surface area contributed by atoms with Gasteiger partial charge in [-0.15, -0.1) is 0 Å². The SMILES string of the molecule is N#Cc1cccc(C(=O)Nc2ccccc2Cl)c1. The number of nitrogens with one attached hydrogen (secondary N) is 1. The largest absolute Gasteiger partial charge is 0.321 e. The second-order valence-electron chi connectivity index (χ2n) is 3.63. The molecule has 3 nitrogen and oxygen atoms in total. The highest BCUT2D eigenvalue weighted by Crippen LogP contribution is 2.21. The smallest absolute Gasteiger partial charge is 0.255 e. The zero-order valence-electron chi connectivity index (χ0n) is 9.35. The lowest BCUT2D eigenvalue weighted by molar-refractivity contribution is 0.102. The van der Waals surface area contributed by atoms with Gasteiger partial charge < -0.3 is 5.32 Å². The molecule has 0 unspecified atom stereocenters.